The van der Waals surface area contributed by atoms with Gasteiger partial charge in [0.25, 0.3) is 0 Å². The quantitative estimate of drug-likeness (QED) is 0.688. The Hall–Kier alpha value is -1.28. The normalized spacial score (nSPS) is 24.6. The zero-order valence-electron chi connectivity index (χ0n) is 9.98. The van der Waals surface area contributed by atoms with E-state index in [9.17, 15) is 0 Å². The highest BCUT2D eigenvalue weighted by Gasteiger charge is 2.30. The molecule has 1 unspecified atom stereocenters. The average Bonchev–Trinajstić information content (AvgIpc) is 2.89. The molecular formula is C15H17NO. The number of rotatable bonds is 0. The van der Waals surface area contributed by atoms with Gasteiger partial charge in [-0.3, -0.25) is 4.90 Å². The van der Waals surface area contributed by atoms with Gasteiger partial charge in [-0.1, -0.05) is 18.2 Å². The molecule has 4 rings (SSSR count). The second kappa shape index (κ2) is 3.61. The standard InChI is InChI=1S/C15H17NO/c1-2-6-14-12(5-1)13-7-9-16-8-3-4-11(16)10-15(13)17-14/h1-2,5-6,11H,3-4,7-10H2. The summed E-state index contributed by atoms with van der Waals surface area (Å²) in [7, 11) is 0. The number of para-hydroxylation sites is 1. The molecule has 88 valence electrons. The maximum atomic E-state index is 6.05. The van der Waals surface area contributed by atoms with E-state index in [1.807, 2.05) is 0 Å². The zero-order chi connectivity index (χ0) is 11.2. The fourth-order valence-electron chi connectivity index (χ4n) is 3.48. The van der Waals surface area contributed by atoms with Crippen LogP contribution in [0.5, 0.6) is 0 Å². The van der Waals surface area contributed by atoms with Crippen LogP contribution in [0, 0.1) is 0 Å². The third kappa shape index (κ3) is 1.44. The predicted molar refractivity (Wildman–Crippen MR) is 68.2 cm³/mol. The van der Waals surface area contributed by atoms with E-state index in [1.54, 1.807) is 0 Å². The van der Waals surface area contributed by atoms with Crippen molar-refractivity contribution in [2.45, 2.75) is 31.7 Å². The van der Waals surface area contributed by atoms with Crippen molar-refractivity contribution in [2.24, 2.45) is 0 Å². The molecule has 0 aliphatic carbocycles. The monoisotopic (exact) mass is 227 g/mol. The van der Waals surface area contributed by atoms with Crippen LogP contribution in [0.4, 0.5) is 0 Å². The van der Waals surface area contributed by atoms with E-state index in [1.165, 1.54) is 42.6 Å². The maximum Gasteiger partial charge on any atom is 0.134 e. The second-order valence-electron chi connectivity index (χ2n) is 5.29. The van der Waals surface area contributed by atoms with Crippen molar-refractivity contribution < 1.29 is 4.42 Å². The lowest BCUT2D eigenvalue weighted by molar-refractivity contribution is 0.258. The van der Waals surface area contributed by atoms with Crippen molar-refractivity contribution in [3.63, 3.8) is 0 Å². The summed E-state index contributed by atoms with van der Waals surface area (Å²) in [6.45, 7) is 2.49. The van der Waals surface area contributed by atoms with Gasteiger partial charge < -0.3 is 4.42 Å². The van der Waals surface area contributed by atoms with Gasteiger partial charge in [0.2, 0.25) is 0 Å². The molecule has 3 heterocycles. The lowest BCUT2D eigenvalue weighted by atomic mass is 10.0. The van der Waals surface area contributed by atoms with Gasteiger partial charge in [0, 0.05) is 30.0 Å². The highest BCUT2D eigenvalue weighted by molar-refractivity contribution is 5.82. The molecule has 2 heteroatoms. The molecule has 2 nitrogen and oxygen atoms in total. The van der Waals surface area contributed by atoms with Gasteiger partial charge >= 0.3 is 0 Å². The first-order valence-corrected chi connectivity index (χ1v) is 6.65. The van der Waals surface area contributed by atoms with Gasteiger partial charge in [-0.05, 0) is 31.9 Å². The Morgan fingerprint density at radius 3 is 3.12 bits per heavy atom. The summed E-state index contributed by atoms with van der Waals surface area (Å²) in [4.78, 5) is 2.64. The molecule has 2 aliphatic rings. The SMILES string of the molecule is c1ccc2c3c(oc2c1)CC1CCCN1CC3. The van der Waals surface area contributed by atoms with Gasteiger partial charge in [-0.15, -0.1) is 0 Å². The van der Waals surface area contributed by atoms with Gasteiger partial charge in [0.05, 0.1) is 0 Å². The summed E-state index contributed by atoms with van der Waals surface area (Å²) in [5.41, 5.74) is 2.54. The number of benzene rings is 1. The van der Waals surface area contributed by atoms with Gasteiger partial charge in [0.1, 0.15) is 11.3 Å². The number of hydrogen-bond acceptors (Lipinski definition) is 2. The molecule has 0 saturated carbocycles. The first kappa shape index (κ1) is 9.72. The van der Waals surface area contributed by atoms with Gasteiger partial charge in [0.15, 0.2) is 0 Å². The first-order chi connectivity index (χ1) is 8.42. The summed E-state index contributed by atoms with van der Waals surface area (Å²) in [5.74, 6) is 1.25. The lowest BCUT2D eigenvalue weighted by Crippen LogP contribution is -2.30. The first-order valence-electron chi connectivity index (χ1n) is 6.65. The van der Waals surface area contributed by atoms with Crippen molar-refractivity contribution in [2.75, 3.05) is 13.1 Å². The van der Waals surface area contributed by atoms with Crippen LogP contribution in [0.3, 0.4) is 0 Å². The van der Waals surface area contributed by atoms with Crippen LogP contribution in [0.25, 0.3) is 11.0 Å². The highest BCUT2D eigenvalue weighted by Crippen LogP contribution is 2.33. The smallest absolute Gasteiger partial charge is 0.134 e. The van der Waals surface area contributed by atoms with E-state index in [0.717, 1.165) is 24.5 Å². The van der Waals surface area contributed by atoms with Crippen LogP contribution in [0.1, 0.15) is 24.2 Å². The summed E-state index contributed by atoms with van der Waals surface area (Å²) >= 11 is 0. The van der Waals surface area contributed by atoms with Crippen LogP contribution >= 0.6 is 0 Å². The number of nitrogens with zero attached hydrogens (tertiary/aromatic N) is 1. The molecule has 0 radical (unpaired) electrons. The largest absolute Gasteiger partial charge is 0.461 e. The lowest BCUT2D eigenvalue weighted by Gasteiger charge is -2.20. The average molecular weight is 227 g/mol. The molecular weight excluding hydrogens is 210 g/mol. The minimum atomic E-state index is 0.733. The predicted octanol–water partition coefficient (Wildman–Crippen LogP) is 3.00. The fourth-order valence-corrected chi connectivity index (χ4v) is 3.48. The zero-order valence-corrected chi connectivity index (χ0v) is 9.98. The Morgan fingerprint density at radius 2 is 2.12 bits per heavy atom. The Bertz CT molecular complexity index is 557. The molecule has 1 fully saturated rings. The van der Waals surface area contributed by atoms with Crippen LogP contribution < -0.4 is 0 Å². The summed E-state index contributed by atoms with van der Waals surface area (Å²) in [6.07, 6.45) is 4.98. The maximum absolute atomic E-state index is 6.05. The molecule has 2 aromatic rings. The van der Waals surface area contributed by atoms with E-state index in [-0.39, 0.29) is 0 Å². The van der Waals surface area contributed by atoms with Crippen molar-refractivity contribution >= 4 is 11.0 Å². The molecule has 0 amide bonds. The molecule has 0 bridgehead atoms. The number of hydrogen-bond donors (Lipinski definition) is 0. The molecule has 0 N–H and O–H groups in total. The van der Waals surface area contributed by atoms with Crippen LogP contribution in [-0.4, -0.2) is 24.0 Å². The van der Waals surface area contributed by atoms with Crippen LogP contribution in [0.15, 0.2) is 28.7 Å². The third-order valence-corrected chi connectivity index (χ3v) is 4.35. The Morgan fingerprint density at radius 1 is 1.18 bits per heavy atom. The van der Waals surface area contributed by atoms with Crippen molar-refractivity contribution in [3.05, 3.63) is 35.6 Å². The van der Waals surface area contributed by atoms with Crippen molar-refractivity contribution in [3.8, 4) is 0 Å². The molecule has 1 aromatic carbocycles. The van der Waals surface area contributed by atoms with Crippen LogP contribution in [0.2, 0.25) is 0 Å². The van der Waals surface area contributed by atoms with E-state index < -0.39 is 0 Å². The molecule has 1 aromatic heterocycles. The van der Waals surface area contributed by atoms with E-state index >= 15 is 0 Å². The molecule has 17 heavy (non-hydrogen) atoms. The van der Waals surface area contributed by atoms with Gasteiger partial charge in [-0.25, -0.2) is 0 Å². The fraction of sp³-hybridized carbons (Fsp3) is 0.467. The number of furan rings is 1. The van der Waals surface area contributed by atoms with E-state index in [4.69, 9.17) is 4.42 Å². The molecule has 2 aliphatic heterocycles. The number of fused-ring (bicyclic) bond motifs is 4. The Labute approximate surface area is 101 Å². The summed E-state index contributed by atoms with van der Waals surface area (Å²) < 4.78 is 6.05. The molecule has 1 atom stereocenters. The minimum absolute atomic E-state index is 0.733. The highest BCUT2D eigenvalue weighted by atomic mass is 16.3. The summed E-state index contributed by atoms with van der Waals surface area (Å²) in [5, 5.41) is 1.34. The minimum Gasteiger partial charge on any atom is -0.461 e. The van der Waals surface area contributed by atoms with Crippen molar-refractivity contribution in [1.82, 2.24) is 4.90 Å². The molecule has 1 saturated heterocycles. The topological polar surface area (TPSA) is 16.4 Å². The van der Waals surface area contributed by atoms with Crippen LogP contribution in [-0.2, 0) is 12.8 Å². The third-order valence-electron chi connectivity index (χ3n) is 4.35. The Kier molecular flexibility index (Phi) is 2.06. The van der Waals surface area contributed by atoms with Crippen molar-refractivity contribution in [1.29, 1.82) is 0 Å². The second-order valence-corrected chi connectivity index (χ2v) is 5.29. The Balaban J connectivity index is 1.83. The van der Waals surface area contributed by atoms with Gasteiger partial charge in [-0.2, -0.15) is 0 Å². The molecule has 0 spiro atoms. The van der Waals surface area contributed by atoms with E-state index in [0.29, 0.717) is 0 Å². The summed E-state index contributed by atoms with van der Waals surface area (Å²) in [6, 6.07) is 9.21. The van der Waals surface area contributed by atoms with E-state index in [2.05, 4.69) is 29.2 Å².